The van der Waals surface area contributed by atoms with Crippen LogP contribution in [0.2, 0.25) is 0 Å². The Balaban J connectivity index is 1.79. The van der Waals surface area contributed by atoms with Gasteiger partial charge in [-0.25, -0.2) is 0 Å². The molecule has 1 saturated heterocycles. The Bertz CT molecular complexity index is 614. The lowest BCUT2D eigenvalue weighted by Gasteiger charge is -2.26. The summed E-state index contributed by atoms with van der Waals surface area (Å²) in [5.41, 5.74) is 1.51. The first-order valence-electron chi connectivity index (χ1n) is 7.40. The summed E-state index contributed by atoms with van der Waals surface area (Å²) in [6.07, 6.45) is 4.01. The molecule has 1 aromatic carbocycles. The molecule has 1 aliphatic heterocycles. The van der Waals surface area contributed by atoms with E-state index in [0.29, 0.717) is 18.5 Å². The maximum atomic E-state index is 12.5. The third-order valence-electron chi connectivity index (χ3n) is 4.31. The Morgan fingerprint density at radius 3 is 3.00 bits per heavy atom. The van der Waals surface area contributed by atoms with Gasteiger partial charge in [0.1, 0.15) is 11.8 Å². The molecule has 1 aromatic heterocycles. The number of para-hydroxylation sites is 1. The van der Waals surface area contributed by atoms with Crippen LogP contribution in [0.1, 0.15) is 37.0 Å². The molecule has 0 bridgehead atoms. The maximum absolute atomic E-state index is 12.5. The highest BCUT2D eigenvalue weighted by Gasteiger charge is 2.29. The molecule has 3 nitrogen and oxygen atoms in total. The van der Waals surface area contributed by atoms with E-state index in [1.807, 2.05) is 24.3 Å². The highest BCUT2D eigenvalue weighted by Crippen LogP contribution is 2.26. The van der Waals surface area contributed by atoms with Gasteiger partial charge in [0, 0.05) is 11.4 Å². The molecule has 1 unspecified atom stereocenters. The van der Waals surface area contributed by atoms with Crippen LogP contribution in [-0.4, -0.2) is 29.8 Å². The Labute approximate surface area is 119 Å². The maximum Gasteiger partial charge on any atom is 0.180 e. The van der Waals surface area contributed by atoms with Crippen LogP contribution in [0.15, 0.2) is 34.9 Å². The number of carbonyl (C=O) groups excluding carboxylic acids is 1. The average molecular weight is 271 g/mol. The normalized spacial score (nSPS) is 20.1. The van der Waals surface area contributed by atoms with Crippen molar-refractivity contribution in [3.8, 4) is 0 Å². The molecule has 2 aromatic rings. The van der Waals surface area contributed by atoms with E-state index in [-0.39, 0.29) is 5.78 Å². The van der Waals surface area contributed by atoms with Crippen LogP contribution in [0.4, 0.5) is 0 Å². The van der Waals surface area contributed by atoms with Gasteiger partial charge >= 0.3 is 0 Å². The number of likely N-dealkylation sites (tertiary alicyclic amines) is 1. The molecule has 0 saturated carbocycles. The number of furan rings is 1. The SMILES string of the molecule is CC(C)C1CCCN1CC(=O)c1coc2ccccc12. The fourth-order valence-corrected chi connectivity index (χ4v) is 3.27. The number of carbonyl (C=O) groups is 1. The summed E-state index contributed by atoms with van der Waals surface area (Å²) in [5, 5.41) is 0.929. The van der Waals surface area contributed by atoms with E-state index in [2.05, 4.69) is 18.7 Å². The lowest BCUT2D eigenvalue weighted by atomic mass is 10.0. The third-order valence-corrected chi connectivity index (χ3v) is 4.31. The molecule has 2 heterocycles. The summed E-state index contributed by atoms with van der Waals surface area (Å²) in [5.74, 6) is 0.772. The van der Waals surface area contributed by atoms with Gasteiger partial charge in [0.25, 0.3) is 0 Å². The first kappa shape index (κ1) is 13.4. The predicted molar refractivity (Wildman–Crippen MR) is 80.0 cm³/mol. The molecule has 1 fully saturated rings. The third kappa shape index (κ3) is 2.38. The zero-order valence-corrected chi connectivity index (χ0v) is 12.1. The topological polar surface area (TPSA) is 33.5 Å². The van der Waals surface area contributed by atoms with Crippen LogP contribution in [0.3, 0.4) is 0 Å². The smallest absolute Gasteiger partial charge is 0.180 e. The number of benzene rings is 1. The predicted octanol–water partition coefficient (Wildman–Crippen LogP) is 3.74. The summed E-state index contributed by atoms with van der Waals surface area (Å²) in [4.78, 5) is 14.9. The largest absolute Gasteiger partial charge is 0.464 e. The van der Waals surface area contributed by atoms with Crippen LogP contribution >= 0.6 is 0 Å². The van der Waals surface area contributed by atoms with Crippen LogP contribution in [0, 0.1) is 5.92 Å². The summed E-state index contributed by atoms with van der Waals surface area (Å²) < 4.78 is 5.47. The summed E-state index contributed by atoms with van der Waals surface area (Å²) in [6, 6.07) is 8.27. The summed E-state index contributed by atoms with van der Waals surface area (Å²) in [7, 11) is 0. The van der Waals surface area contributed by atoms with E-state index >= 15 is 0 Å². The minimum Gasteiger partial charge on any atom is -0.464 e. The number of Topliss-reactive ketones (excluding diaryl/α,β-unsaturated/α-hetero) is 1. The van der Waals surface area contributed by atoms with Gasteiger partial charge in [0.2, 0.25) is 0 Å². The van der Waals surface area contributed by atoms with E-state index in [1.54, 1.807) is 6.26 Å². The second kappa shape index (κ2) is 5.41. The zero-order valence-electron chi connectivity index (χ0n) is 12.1. The van der Waals surface area contributed by atoms with Crippen molar-refractivity contribution < 1.29 is 9.21 Å². The molecule has 0 amide bonds. The molecule has 0 radical (unpaired) electrons. The van der Waals surface area contributed by atoms with E-state index in [9.17, 15) is 4.79 Å². The summed E-state index contributed by atoms with van der Waals surface area (Å²) >= 11 is 0. The van der Waals surface area contributed by atoms with Gasteiger partial charge in [-0.1, -0.05) is 32.0 Å². The number of hydrogen-bond acceptors (Lipinski definition) is 3. The van der Waals surface area contributed by atoms with E-state index in [4.69, 9.17) is 4.42 Å². The molecule has 106 valence electrons. The van der Waals surface area contributed by atoms with Crippen molar-refractivity contribution in [2.45, 2.75) is 32.7 Å². The van der Waals surface area contributed by atoms with Gasteiger partial charge < -0.3 is 4.42 Å². The van der Waals surface area contributed by atoms with Crippen molar-refractivity contribution >= 4 is 16.8 Å². The van der Waals surface area contributed by atoms with Gasteiger partial charge in [0.05, 0.1) is 12.1 Å². The van der Waals surface area contributed by atoms with E-state index in [1.165, 1.54) is 12.8 Å². The number of nitrogens with zero attached hydrogens (tertiary/aromatic N) is 1. The number of ketones is 1. The van der Waals surface area contributed by atoms with Gasteiger partial charge in [-0.2, -0.15) is 0 Å². The first-order valence-corrected chi connectivity index (χ1v) is 7.40. The van der Waals surface area contributed by atoms with Crippen LogP contribution in [0.5, 0.6) is 0 Å². The Morgan fingerprint density at radius 2 is 2.20 bits per heavy atom. The van der Waals surface area contributed by atoms with Crippen molar-refractivity contribution in [2.75, 3.05) is 13.1 Å². The number of hydrogen-bond donors (Lipinski definition) is 0. The molecule has 1 atom stereocenters. The number of fused-ring (bicyclic) bond motifs is 1. The Morgan fingerprint density at radius 1 is 1.40 bits per heavy atom. The second-order valence-electron chi connectivity index (χ2n) is 5.99. The minimum absolute atomic E-state index is 0.169. The van der Waals surface area contributed by atoms with Crippen LogP contribution in [0.25, 0.3) is 11.0 Å². The lowest BCUT2D eigenvalue weighted by Crippen LogP contribution is -2.37. The van der Waals surface area contributed by atoms with Gasteiger partial charge in [-0.3, -0.25) is 9.69 Å². The molecule has 0 spiro atoms. The van der Waals surface area contributed by atoms with Gasteiger partial charge in [0.15, 0.2) is 5.78 Å². The van der Waals surface area contributed by atoms with Gasteiger partial charge in [-0.05, 0) is 31.4 Å². The molecule has 3 heteroatoms. The molecule has 0 N–H and O–H groups in total. The molecular weight excluding hydrogens is 250 g/mol. The average Bonchev–Trinajstić information content (AvgIpc) is 3.04. The quantitative estimate of drug-likeness (QED) is 0.794. The molecular formula is C17H21NO2. The fourth-order valence-electron chi connectivity index (χ4n) is 3.27. The van der Waals surface area contributed by atoms with Crippen LogP contribution in [-0.2, 0) is 0 Å². The molecule has 1 aliphatic rings. The molecule has 20 heavy (non-hydrogen) atoms. The van der Waals surface area contributed by atoms with Crippen molar-refractivity contribution in [1.29, 1.82) is 0 Å². The monoisotopic (exact) mass is 271 g/mol. The standard InChI is InChI=1S/C17H21NO2/c1-12(2)15-7-5-9-18(15)10-16(19)14-11-20-17-8-4-3-6-13(14)17/h3-4,6,8,11-12,15H,5,7,9-10H2,1-2H3. The molecule has 0 aliphatic carbocycles. The molecule has 3 rings (SSSR count). The van der Waals surface area contributed by atoms with E-state index in [0.717, 1.165) is 23.1 Å². The fraction of sp³-hybridized carbons (Fsp3) is 0.471. The van der Waals surface area contributed by atoms with Crippen molar-refractivity contribution in [3.63, 3.8) is 0 Å². The number of rotatable bonds is 4. The zero-order chi connectivity index (χ0) is 14.1. The Hall–Kier alpha value is -1.61. The Kier molecular flexibility index (Phi) is 3.62. The minimum atomic E-state index is 0.169. The van der Waals surface area contributed by atoms with Crippen LogP contribution < -0.4 is 0 Å². The van der Waals surface area contributed by atoms with Gasteiger partial charge in [-0.15, -0.1) is 0 Å². The summed E-state index contributed by atoms with van der Waals surface area (Å²) in [6.45, 7) is 6.01. The van der Waals surface area contributed by atoms with Crippen molar-refractivity contribution in [1.82, 2.24) is 4.90 Å². The first-order chi connectivity index (χ1) is 9.66. The highest BCUT2D eigenvalue weighted by atomic mass is 16.3. The van der Waals surface area contributed by atoms with Crippen molar-refractivity contribution in [3.05, 3.63) is 36.1 Å². The van der Waals surface area contributed by atoms with Crippen molar-refractivity contribution in [2.24, 2.45) is 5.92 Å². The second-order valence-corrected chi connectivity index (χ2v) is 5.99. The lowest BCUT2D eigenvalue weighted by molar-refractivity contribution is 0.0905. The highest BCUT2D eigenvalue weighted by molar-refractivity contribution is 6.08. The van der Waals surface area contributed by atoms with E-state index < -0.39 is 0 Å².